The van der Waals surface area contributed by atoms with Crippen molar-refractivity contribution in [3.8, 4) is 0 Å². The van der Waals surface area contributed by atoms with Crippen LogP contribution in [0.15, 0.2) is 48.5 Å². The number of nitro benzene ring substituents is 1. The fourth-order valence-corrected chi connectivity index (χ4v) is 2.49. The first-order valence-electron chi connectivity index (χ1n) is 7.73. The van der Waals surface area contributed by atoms with Gasteiger partial charge in [-0.15, -0.1) is 0 Å². The molecule has 0 aromatic heterocycles. The van der Waals surface area contributed by atoms with Crippen LogP contribution in [0.2, 0.25) is 0 Å². The van der Waals surface area contributed by atoms with Crippen LogP contribution in [0.3, 0.4) is 0 Å². The summed E-state index contributed by atoms with van der Waals surface area (Å²) in [7, 11) is 0. The van der Waals surface area contributed by atoms with Gasteiger partial charge >= 0.3 is 0 Å². The van der Waals surface area contributed by atoms with Crippen molar-refractivity contribution in [1.82, 2.24) is 5.32 Å². The SMILES string of the molecule is Cc1ccccc1C[C@H](NC(=O)Cc1cccc([N+](=O)[O-])c1)C(N)=O. The van der Waals surface area contributed by atoms with E-state index in [9.17, 15) is 19.7 Å². The lowest BCUT2D eigenvalue weighted by molar-refractivity contribution is -0.384. The van der Waals surface area contributed by atoms with Gasteiger partial charge in [-0.25, -0.2) is 0 Å². The van der Waals surface area contributed by atoms with E-state index in [4.69, 9.17) is 5.73 Å². The first kappa shape index (κ1) is 18.1. The highest BCUT2D eigenvalue weighted by Crippen LogP contribution is 2.14. The second kappa shape index (κ2) is 8.05. The average Bonchev–Trinajstić information content (AvgIpc) is 2.56. The Labute approximate surface area is 145 Å². The summed E-state index contributed by atoms with van der Waals surface area (Å²) in [5.74, 6) is -1.05. The number of benzene rings is 2. The van der Waals surface area contributed by atoms with Crippen molar-refractivity contribution in [3.05, 3.63) is 75.3 Å². The Morgan fingerprint density at radius 3 is 2.56 bits per heavy atom. The Morgan fingerprint density at radius 2 is 1.92 bits per heavy atom. The third-order valence-corrected chi connectivity index (χ3v) is 3.85. The number of non-ortho nitro benzene ring substituents is 1. The molecule has 130 valence electrons. The lowest BCUT2D eigenvalue weighted by atomic mass is 10.0. The number of nitrogens with zero attached hydrogens (tertiary/aromatic N) is 1. The van der Waals surface area contributed by atoms with Crippen LogP contribution in [0.25, 0.3) is 0 Å². The molecular weight excluding hydrogens is 322 g/mol. The van der Waals surface area contributed by atoms with Crippen LogP contribution in [-0.4, -0.2) is 22.8 Å². The summed E-state index contributed by atoms with van der Waals surface area (Å²) < 4.78 is 0. The fourth-order valence-electron chi connectivity index (χ4n) is 2.49. The molecule has 0 spiro atoms. The van der Waals surface area contributed by atoms with Gasteiger partial charge in [-0.1, -0.05) is 36.4 Å². The zero-order chi connectivity index (χ0) is 18.4. The summed E-state index contributed by atoms with van der Waals surface area (Å²) in [6, 6.07) is 12.5. The highest BCUT2D eigenvalue weighted by molar-refractivity contribution is 5.87. The van der Waals surface area contributed by atoms with Gasteiger partial charge in [0.1, 0.15) is 6.04 Å². The lowest BCUT2D eigenvalue weighted by Gasteiger charge is -2.17. The van der Waals surface area contributed by atoms with Crippen LogP contribution in [0.4, 0.5) is 5.69 Å². The number of carbonyl (C=O) groups excluding carboxylic acids is 2. The van der Waals surface area contributed by atoms with Crippen molar-refractivity contribution in [2.75, 3.05) is 0 Å². The Bertz CT molecular complexity index is 804. The molecule has 0 aliphatic carbocycles. The normalized spacial score (nSPS) is 11.6. The van der Waals surface area contributed by atoms with E-state index in [2.05, 4.69) is 5.32 Å². The van der Waals surface area contributed by atoms with Gasteiger partial charge in [0.25, 0.3) is 5.69 Å². The maximum atomic E-state index is 12.2. The van der Waals surface area contributed by atoms with Crippen LogP contribution >= 0.6 is 0 Å². The van der Waals surface area contributed by atoms with Crippen LogP contribution in [0.1, 0.15) is 16.7 Å². The minimum absolute atomic E-state index is 0.0702. The third kappa shape index (κ3) is 5.13. The Hall–Kier alpha value is -3.22. The molecule has 0 aliphatic rings. The number of hydrogen-bond donors (Lipinski definition) is 2. The molecule has 7 heteroatoms. The number of nitro groups is 1. The molecule has 3 N–H and O–H groups in total. The predicted octanol–water partition coefficient (Wildman–Crippen LogP) is 1.66. The van der Waals surface area contributed by atoms with Crippen molar-refractivity contribution < 1.29 is 14.5 Å². The Balaban J connectivity index is 2.05. The molecule has 1 atom stereocenters. The van der Waals surface area contributed by atoms with E-state index in [1.54, 1.807) is 6.07 Å². The number of hydrogen-bond acceptors (Lipinski definition) is 4. The summed E-state index contributed by atoms with van der Waals surface area (Å²) >= 11 is 0. The number of aryl methyl sites for hydroxylation is 1. The topological polar surface area (TPSA) is 115 Å². The Kier molecular flexibility index (Phi) is 5.84. The Morgan fingerprint density at radius 1 is 1.20 bits per heavy atom. The van der Waals surface area contributed by atoms with Crippen molar-refractivity contribution >= 4 is 17.5 Å². The standard InChI is InChI=1S/C18H19N3O4/c1-12-5-2-3-7-14(12)11-16(18(19)23)20-17(22)10-13-6-4-8-15(9-13)21(24)25/h2-9,16H,10-11H2,1H3,(H2,19,23)(H,20,22)/t16-/m0/s1. The summed E-state index contributed by atoms with van der Waals surface area (Å²) in [4.78, 5) is 34.1. The van der Waals surface area contributed by atoms with E-state index in [-0.39, 0.29) is 12.1 Å². The molecule has 0 bridgehead atoms. The molecule has 0 saturated carbocycles. The van der Waals surface area contributed by atoms with E-state index in [1.807, 2.05) is 31.2 Å². The van der Waals surface area contributed by atoms with E-state index < -0.39 is 22.8 Å². The van der Waals surface area contributed by atoms with Gasteiger partial charge in [0.2, 0.25) is 11.8 Å². The van der Waals surface area contributed by atoms with Gasteiger partial charge in [0.05, 0.1) is 11.3 Å². The number of carbonyl (C=O) groups is 2. The molecule has 0 aliphatic heterocycles. The lowest BCUT2D eigenvalue weighted by Crippen LogP contribution is -2.46. The van der Waals surface area contributed by atoms with Gasteiger partial charge in [0, 0.05) is 18.6 Å². The highest BCUT2D eigenvalue weighted by atomic mass is 16.6. The smallest absolute Gasteiger partial charge is 0.269 e. The molecule has 2 aromatic carbocycles. The molecule has 0 radical (unpaired) electrons. The van der Waals surface area contributed by atoms with E-state index in [0.717, 1.165) is 11.1 Å². The van der Waals surface area contributed by atoms with E-state index in [0.29, 0.717) is 12.0 Å². The molecule has 0 unspecified atom stereocenters. The molecule has 0 fully saturated rings. The average molecular weight is 341 g/mol. The fraction of sp³-hybridized carbons (Fsp3) is 0.222. The molecule has 0 heterocycles. The zero-order valence-electron chi connectivity index (χ0n) is 13.8. The molecule has 0 saturated heterocycles. The molecular formula is C18H19N3O4. The molecule has 25 heavy (non-hydrogen) atoms. The first-order valence-corrected chi connectivity index (χ1v) is 7.73. The van der Waals surface area contributed by atoms with Crippen LogP contribution in [0.5, 0.6) is 0 Å². The summed E-state index contributed by atoms with van der Waals surface area (Å²) in [6.07, 6.45) is 0.224. The molecule has 2 rings (SSSR count). The first-order chi connectivity index (χ1) is 11.9. The summed E-state index contributed by atoms with van der Waals surface area (Å²) in [5.41, 5.74) is 7.72. The van der Waals surface area contributed by atoms with E-state index >= 15 is 0 Å². The highest BCUT2D eigenvalue weighted by Gasteiger charge is 2.20. The van der Waals surface area contributed by atoms with Crippen LogP contribution in [0, 0.1) is 17.0 Å². The monoisotopic (exact) mass is 341 g/mol. The molecule has 7 nitrogen and oxygen atoms in total. The van der Waals surface area contributed by atoms with Crippen molar-refractivity contribution in [2.45, 2.75) is 25.8 Å². The number of nitrogens with one attached hydrogen (secondary N) is 1. The van der Waals surface area contributed by atoms with Crippen LogP contribution in [-0.2, 0) is 22.4 Å². The zero-order valence-corrected chi connectivity index (χ0v) is 13.8. The van der Waals surface area contributed by atoms with Gasteiger partial charge in [-0.2, -0.15) is 0 Å². The van der Waals surface area contributed by atoms with Gasteiger partial charge < -0.3 is 11.1 Å². The third-order valence-electron chi connectivity index (χ3n) is 3.85. The van der Waals surface area contributed by atoms with Gasteiger partial charge in [-0.05, 0) is 23.6 Å². The number of primary amides is 1. The minimum atomic E-state index is -0.840. The van der Waals surface area contributed by atoms with Crippen LogP contribution < -0.4 is 11.1 Å². The summed E-state index contributed by atoms with van der Waals surface area (Å²) in [5, 5.41) is 13.4. The second-order valence-corrected chi connectivity index (χ2v) is 5.76. The maximum Gasteiger partial charge on any atom is 0.269 e. The van der Waals surface area contributed by atoms with Crippen molar-refractivity contribution in [2.24, 2.45) is 5.73 Å². The number of nitrogens with two attached hydrogens (primary N) is 1. The molecule has 2 amide bonds. The molecule has 2 aromatic rings. The predicted molar refractivity (Wildman–Crippen MR) is 92.8 cm³/mol. The second-order valence-electron chi connectivity index (χ2n) is 5.76. The van der Waals surface area contributed by atoms with Gasteiger partial charge in [-0.3, -0.25) is 19.7 Å². The van der Waals surface area contributed by atoms with E-state index in [1.165, 1.54) is 18.2 Å². The quantitative estimate of drug-likeness (QED) is 0.588. The van der Waals surface area contributed by atoms with Crippen molar-refractivity contribution in [1.29, 1.82) is 0 Å². The largest absolute Gasteiger partial charge is 0.368 e. The maximum absolute atomic E-state index is 12.2. The summed E-state index contributed by atoms with van der Waals surface area (Å²) in [6.45, 7) is 1.91. The number of rotatable bonds is 7. The van der Waals surface area contributed by atoms with Crippen molar-refractivity contribution in [3.63, 3.8) is 0 Å². The van der Waals surface area contributed by atoms with Gasteiger partial charge in [0.15, 0.2) is 0 Å². The number of amides is 2. The minimum Gasteiger partial charge on any atom is -0.368 e.